The number of hydrogen-bond acceptors (Lipinski definition) is 4. The quantitative estimate of drug-likeness (QED) is 0.440. The molecule has 3 aromatic rings. The number of unbranched alkanes of at least 4 members (excludes halogenated alkanes) is 1. The molecule has 0 radical (unpaired) electrons. The standard InChI is InChI=1S/C25H27N5O3/c1-3-4-14-26-25(33)28-15-21-22(16-28)30(24(32)19-8-6-5-7-9-19)27-23(21)29(17-31)20-12-10-18(2)11-13-20/h5-13,17H,3-4,14-16H2,1-2H3,(H,26,33). The van der Waals surface area contributed by atoms with Crippen LogP contribution >= 0.6 is 0 Å². The van der Waals surface area contributed by atoms with Crippen LogP contribution in [0.1, 0.15) is 46.9 Å². The van der Waals surface area contributed by atoms with Crippen LogP contribution in [-0.4, -0.2) is 39.6 Å². The molecule has 0 unspecified atom stereocenters. The third kappa shape index (κ3) is 4.50. The normalized spacial score (nSPS) is 12.4. The predicted molar refractivity (Wildman–Crippen MR) is 125 cm³/mol. The first-order valence-electron chi connectivity index (χ1n) is 11.1. The van der Waals surface area contributed by atoms with Gasteiger partial charge in [0.1, 0.15) is 0 Å². The van der Waals surface area contributed by atoms with Crippen molar-refractivity contribution < 1.29 is 14.4 Å². The van der Waals surface area contributed by atoms with Gasteiger partial charge < -0.3 is 10.2 Å². The van der Waals surface area contributed by atoms with E-state index >= 15 is 0 Å². The molecule has 3 amide bonds. The van der Waals surface area contributed by atoms with Crippen LogP contribution in [0, 0.1) is 6.92 Å². The van der Waals surface area contributed by atoms with Gasteiger partial charge in [0.25, 0.3) is 5.91 Å². The number of rotatable bonds is 7. The number of carbonyl (C=O) groups is 3. The van der Waals surface area contributed by atoms with Gasteiger partial charge in [0.15, 0.2) is 5.82 Å². The number of benzene rings is 2. The van der Waals surface area contributed by atoms with E-state index in [-0.39, 0.29) is 25.0 Å². The summed E-state index contributed by atoms with van der Waals surface area (Å²) in [5, 5.41) is 7.47. The summed E-state index contributed by atoms with van der Waals surface area (Å²) < 4.78 is 1.32. The van der Waals surface area contributed by atoms with Gasteiger partial charge in [-0.05, 0) is 37.6 Å². The van der Waals surface area contributed by atoms with Gasteiger partial charge in [-0.1, -0.05) is 49.2 Å². The van der Waals surface area contributed by atoms with Crippen LogP contribution < -0.4 is 10.2 Å². The number of nitrogens with one attached hydrogen (secondary N) is 1. The summed E-state index contributed by atoms with van der Waals surface area (Å²) in [6.45, 7) is 5.12. The van der Waals surface area contributed by atoms with E-state index in [0.717, 1.165) is 18.4 Å². The lowest BCUT2D eigenvalue weighted by Gasteiger charge is -2.19. The van der Waals surface area contributed by atoms with Gasteiger partial charge in [-0.25, -0.2) is 4.79 Å². The predicted octanol–water partition coefficient (Wildman–Crippen LogP) is 4.00. The number of aryl methyl sites for hydroxylation is 1. The first-order valence-corrected chi connectivity index (χ1v) is 11.1. The highest BCUT2D eigenvalue weighted by molar-refractivity contribution is 5.97. The maximum absolute atomic E-state index is 13.3. The second-order valence-electron chi connectivity index (χ2n) is 8.08. The van der Waals surface area contributed by atoms with E-state index in [0.29, 0.717) is 41.3 Å². The van der Waals surface area contributed by atoms with E-state index in [4.69, 9.17) is 0 Å². The van der Waals surface area contributed by atoms with Crippen molar-refractivity contribution in [3.05, 3.63) is 77.0 Å². The summed E-state index contributed by atoms with van der Waals surface area (Å²) in [6.07, 6.45) is 2.56. The smallest absolute Gasteiger partial charge is 0.318 e. The van der Waals surface area contributed by atoms with Crippen molar-refractivity contribution in [2.24, 2.45) is 0 Å². The Labute approximate surface area is 192 Å². The molecule has 0 saturated carbocycles. The molecule has 2 heterocycles. The zero-order valence-electron chi connectivity index (χ0n) is 18.8. The van der Waals surface area contributed by atoms with Gasteiger partial charge in [0.05, 0.1) is 24.5 Å². The van der Waals surface area contributed by atoms with Crippen molar-refractivity contribution in [3.63, 3.8) is 0 Å². The highest BCUT2D eigenvalue weighted by Gasteiger charge is 2.34. The van der Waals surface area contributed by atoms with Crippen molar-refractivity contribution in [2.45, 2.75) is 39.8 Å². The summed E-state index contributed by atoms with van der Waals surface area (Å²) in [5.41, 5.74) is 3.49. The molecule has 8 nitrogen and oxygen atoms in total. The molecule has 0 atom stereocenters. The fourth-order valence-electron chi connectivity index (χ4n) is 3.85. The maximum Gasteiger partial charge on any atom is 0.318 e. The molecule has 1 N–H and O–H groups in total. The molecule has 0 spiro atoms. The Morgan fingerprint density at radius 2 is 1.82 bits per heavy atom. The van der Waals surface area contributed by atoms with E-state index in [1.54, 1.807) is 29.2 Å². The monoisotopic (exact) mass is 445 g/mol. The molecule has 1 aliphatic heterocycles. The lowest BCUT2D eigenvalue weighted by atomic mass is 10.2. The fourth-order valence-corrected chi connectivity index (χ4v) is 3.85. The van der Waals surface area contributed by atoms with Crippen molar-refractivity contribution in [3.8, 4) is 0 Å². The Morgan fingerprint density at radius 1 is 1.09 bits per heavy atom. The van der Waals surface area contributed by atoms with Gasteiger partial charge >= 0.3 is 6.03 Å². The molecular formula is C25H27N5O3. The Balaban J connectivity index is 1.72. The SMILES string of the molecule is CCCCNC(=O)N1Cc2c(N(C=O)c3ccc(C)cc3)nn(C(=O)c3ccccc3)c2C1. The Hall–Kier alpha value is -3.94. The number of carbonyl (C=O) groups excluding carboxylic acids is 3. The Kier molecular flexibility index (Phi) is 6.53. The molecule has 1 aliphatic rings. The number of amides is 3. The molecule has 170 valence electrons. The maximum atomic E-state index is 13.3. The molecule has 0 saturated heterocycles. The zero-order valence-corrected chi connectivity index (χ0v) is 18.8. The molecular weight excluding hydrogens is 418 g/mol. The van der Waals surface area contributed by atoms with E-state index < -0.39 is 0 Å². The fraction of sp³-hybridized carbons (Fsp3) is 0.280. The van der Waals surface area contributed by atoms with Crippen LogP contribution in [-0.2, 0) is 17.9 Å². The third-order valence-corrected chi connectivity index (χ3v) is 5.71. The molecule has 33 heavy (non-hydrogen) atoms. The largest absolute Gasteiger partial charge is 0.338 e. The molecule has 0 fully saturated rings. The second kappa shape index (κ2) is 9.68. The molecule has 2 aromatic carbocycles. The highest BCUT2D eigenvalue weighted by atomic mass is 16.2. The van der Waals surface area contributed by atoms with E-state index in [2.05, 4.69) is 17.3 Å². The van der Waals surface area contributed by atoms with Crippen molar-refractivity contribution in [1.82, 2.24) is 20.0 Å². The minimum absolute atomic E-state index is 0.197. The average Bonchev–Trinajstić information content (AvgIpc) is 3.41. The van der Waals surface area contributed by atoms with Gasteiger partial charge in [0, 0.05) is 17.7 Å². The van der Waals surface area contributed by atoms with Crippen molar-refractivity contribution in [1.29, 1.82) is 0 Å². The van der Waals surface area contributed by atoms with E-state index in [9.17, 15) is 14.4 Å². The number of aromatic nitrogens is 2. The van der Waals surface area contributed by atoms with E-state index in [1.807, 2.05) is 37.3 Å². The molecule has 1 aromatic heterocycles. The second-order valence-corrected chi connectivity index (χ2v) is 8.08. The summed E-state index contributed by atoms with van der Waals surface area (Å²) >= 11 is 0. The number of fused-ring (bicyclic) bond motifs is 1. The molecule has 4 rings (SSSR count). The summed E-state index contributed by atoms with van der Waals surface area (Å²) in [7, 11) is 0. The number of anilines is 2. The Morgan fingerprint density at radius 3 is 2.48 bits per heavy atom. The van der Waals surface area contributed by atoms with Gasteiger partial charge in [-0.3, -0.25) is 14.5 Å². The Bertz CT molecular complexity index is 1150. The number of hydrogen-bond donors (Lipinski definition) is 1. The van der Waals surface area contributed by atoms with Crippen LogP contribution in [0.15, 0.2) is 54.6 Å². The lowest BCUT2D eigenvalue weighted by Crippen LogP contribution is -2.37. The summed E-state index contributed by atoms with van der Waals surface area (Å²) in [4.78, 5) is 41.2. The minimum atomic E-state index is -0.305. The topological polar surface area (TPSA) is 87.5 Å². The van der Waals surface area contributed by atoms with Gasteiger partial charge in [0.2, 0.25) is 6.41 Å². The van der Waals surface area contributed by atoms with Crippen molar-refractivity contribution >= 4 is 29.9 Å². The van der Waals surface area contributed by atoms with Crippen LogP contribution in [0.4, 0.5) is 16.3 Å². The van der Waals surface area contributed by atoms with Crippen molar-refractivity contribution in [2.75, 3.05) is 11.4 Å². The van der Waals surface area contributed by atoms with Crippen LogP contribution in [0.3, 0.4) is 0 Å². The van der Waals surface area contributed by atoms with Gasteiger partial charge in [-0.2, -0.15) is 4.68 Å². The van der Waals surface area contributed by atoms with Gasteiger partial charge in [-0.15, -0.1) is 5.10 Å². The van der Waals surface area contributed by atoms with E-state index in [1.165, 1.54) is 9.58 Å². The minimum Gasteiger partial charge on any atom is -0.338 e. The highest BCUT2D eigenvalue weighted by Crippen LogP contribution is 2.35. The van der Waals surface area contributed by atoms with Crippen LogP contribution in [0.25, 0.3) is 0 Å². The molecule has 0 bridgehead atoms. The molecule has 0 aliphatic carbocycles. The first kappa shape index (κ1) is 22.3. The summed E-state index contributed by atoms with van der Waals surface area (Å²) in [5.74, 6) is 0.0538. The van der Waals surface area contributed by atoms with Crippen LogP contribution in [0.2, 0.25) is 0 Å². The third-order valence-electron chi connectivity index (χ3n) is 5.71. The molecule has 8 heteroatoms. The first-order chi connectivity index (χ1) is 16.0. The number of urea groups is 1. The number of nitrogens with zero attached hydrogens (tertiary/aromatic N) is 4. The van der Waals surface area contributed by atoms with Crippen LogP contribution in [0.5, 0.6) is 0 Å². The lowest BCUT2D eigenvalue weighted by molar-refractivity contribution is -0.106. The zero-order chi connectivity index (χ0) is 23.4. The average molecular weight is 446 g/mol. The summed E-state index contributed by atoms with van der Waals surface area (Å²) in [6, 6.07) is 16.1.